The molecular weight excluding hydrogens is 396 g/mol. The van der Waals surface area contributed by atoms with Crippen LogP contribution in [0.5, 0.6) is 17.2 Å². The molecule has 0 aliphatic carbocycles. The van der Waals surface area contributed by atoms with Crippen molar-refractivity contribution in [1.29, 1.82) is 0 Å². The van der Waals surface area contributed by atoms with Crippen LogP contribution in [-0.4, -0.2) is 51.1 Å². The first-order valence-electron chi connectivity index (χ1n) is 10.0. The lowest BCUT2D eigenvalue weighted by atomic mass is 9.96. The van der Waals surface area contributed by atoms with Crippen LogP contribution in [0.2, 0.25) is 0 Å². The normalized spacial score (nSPS) is 13.3. The third-order valence-electron chi connectivity index (χ3n) is 5.33. The Morgan fingerprint density at radius 2 is 1.68 bits per heavy atom. The largest absolute Gasteiger partial charge is 0.496 e. The van der Waals surface area contributed by atoms with E-state index in [0.717, 1.165) is 16.7 Å². The molecule has 1 aliphatic heterocycles. The van der Waals surface area contributed by atoms with E-state index in [1.807, 2.05) is 31.2 Å². The summed E-state index contributed by atoms with van der Waals surface area (Å²) in [6.07, 6.45) is 2.69. The number of benzene rings is 2. The van der Waals surface area contributed by atoms with E-state index in [1.54, 1.807) is 38.4 Å². The van der Waals surface area contributed by atoms with Crippen molar-refractivity contribution < 1.29 is 23.8 Å². The number of anilines is 1. The number of hydrogen-bond acceptors (Lipinski definition) is 5. The Morgan fingerprint density at radius 1 is 1.00 bits per heavy atom. The molecule has 31 heavy (non-hydrogen) atoms. The van der Waals surface area contributed by atoms with E-state index in [9.17, 15) is 9.59 Å². The molecule has 2 amide bonds. The molecule has 0 atom stereocenters. The summed E-state index contributed by atoms with van der Waals surface area (Å²) in [6.45, 7) is 4.37. The summed E-state index contributed by atoms with van der Waals surface area (Å²) in [5, 5.41) is 2.77. The molecule has 0 fully saturated rings. The Kier molecular flexibility index (Phi) is 6.84. The maximum absolute atomic E-state index is 13.0. The molecule has 1 aliphatic rings. The van der Waals surface area contributed by atoms with E-state index in [2.05, 4.69) is 5.32 Å². The van der Waals surface area contributed by atoms with Crippen molar-refractivity contribution in [3.63, 3.8) is 0 Å². The molecule has 0 unspecified atom stereocenters. The molecule has 7 heteroatoms. The molecule has 7 nitrogen and oxygen atoms in total. The van der Waals surface area contributed by atoms with E-state index in [-0.39, 0.29) is 11.8 Å². The van der Waals surface area contributed by atoms with E-state index in [0.29, 0.717) is 48.0 Å². The Morgan fingerprint density at radius 3 is 2.19 bits per heavy atom. The summed E-state index contributed by atoms with van der Waals surface area (Å²) < 4.78 is 16.5. The standard InChI is InChI=1S/C24H28N2O5/c1-15-6-7-18(12-20(15)25-16(2)27)24(28)26-10-8-17(9-11-26)23-21(30-4)13-19(29-3)14-22(23)31-5/h6-8,12-14H,9-11H2,1-5H3,(H,25,27). The number of aryl methyl sites for hydroxylation is 1. The van der Waals surface area contributed by atoms with Crippen molar-refractivity contribution in [2.45, 2.75) is 20.3 Å². The van der Waals surface area contributed by atoms with Gasteiger partial charge < -0.3 is 24.4 Å². The van der Waals surface area contributed by atoms with Gasteiger partial charge in [0.25, 0.3) is 5.91 Å². The van der Waals surface area contributed by atoms with Crippen LogP contribution in [0.25, 0.3) is 5.57 Å². The first kappa shape index (κ1) is 22.2. The van der Waals surface area contributed by atoms with Crippen LogP contribution in [0, 0.1) is 6.92 Å². The molecule has 1 heterocycles. The highest BCUT2D eigenvalue weighted by atomic mass is 16.5. The lowest BCUT2D eigenvalue weighted by molar-refractivity contribution is -0.114. The average molecular weight is 424 g/mol. The lowest BCUT2D eigenvalue weighted by Gasteiger charge is -2.28. The van der Waals surface area contributed by atoms with Gasteiger partial charge in [0.15, 0.2) is 0 Å². The quantitative estimate of drug-likeness (QED) is 0.761. The molecule has 2 aromatic carbocycles. The summed E-state index contributed by atoms with van der Waals surface area (Å²) in [6, 6.07) is 9.01. The predicted octanol–water partition coefficient (Wildman–Crippen LogP) is 3.91. The fourth-order valence-corrected chi connectivity index (χ4v) is 3.66. The van der Waals surface area contributed by atoms with Crippen LogP contribution in [0.3, 0.4) is 0 Å². The topological polar surface area (TPSA) is 77.1 Å². The highest BCUT2D eigenvalue weighted by molar-refractivity contribution is 5.98. The SMILES string of the molecule is COc1cc(OC)c(C2=CCN(C(=O)c3ccc(C)c(NC(C)=O)c3)CC2)c(OC)c1. The molecule has 0 aromatic heterocycles. The summed E-state index contributed by atoms with van der Waals surface area (Å²) in [7, 11) is 4.82. The van der Waals surface area contributed by atoms with Gasteiger partial charge in [0.2, 0.25) is 5.91 Å². The fourth-order valence-electron chi connectivity index (χ4n) is 3.66. The second-order valence-electron chi connectivity index (χ2n) is 7.35. The Bertz CT molecular complexity index is 1000. The van der Waals surface area contributed by atoms with Gasteiger partial charge in [0, 0.05) is 43.4 Å². The highest BCUT2D eigenvalue weighted by Gasteiger charge is 2.24. The van der Waals surface area contributed by atoms with Crippen molar-refractivity contribution in [2.75, 3.05) is 39.7 Å². The Balaban J connectivity index is 1.84. The number of carbonyl (C=O) groups is 2. The average Bonchev–Trinajstić information content (AvgIpc) is 2.78. The number of ether oxygens (including phenoxy) is 3. The van der Waals surface area contributed by atoms with Crippen LogP contribution >= 0.6 is 0 Å². The van der Waals surface area contributed by atoms with Crippen LogP contribution in [0.1, 0.15) is 34.8 Å². The lowest BCUT2D eigenvalue weighted by Crippen LogP contribution is -2.34. The molecule has 3 rings (SSSR count). The Hall–Kier alpha value is -3.48. The maximum Gasteiger partial charge on any atom is 0.254 e. The smallest absolute Gasteiger partial charge is 0.254 e. The molecule has 1 N–H and O–H groups in total. The Labute approximate surface area is 182 Å². The number of amides is 2. The van der Waals surface area contributed by atoms with Gasteiger partial charge >= 0.3 is 0 Å². The predicted molar refractivity (Wildman–Crippen MR) is 120 cm³/mol. The zero-order chi connectivity index (χ0) is 22.5. The van der Waals surface area contributed by atoms with Crippen molar-refractivity contribution >= 4 is 23.1 Å². The molecule has 2 aromatic rings. The number of nitrogens with one attached hydrogen (secondary N) is 1. The van der Waals surface area contributed by atoms with Gasteiger partial charge in [0.05, 0.1) is 26.9 Å². The van der Waals surface area contributed by atoms with Gasteiger partial charge in [0.1, 0.15) is 17.2 Å². The van der Waals surface area contributed by atoms with Crippen molar-refractivity contribution in [1.82, 2.24) is 4.90 Å². The number of methoxy groups -OCH3 is 3. The minimum absolute atomic E-state index is 0.0736. The van der Waals surface area contributed by atoms with E-state index in [1.165, 1.54) is 6.92 Å². The minimum atomic E-state index is -0.166. The first-order valence-corrected chi connectivity index (χ1v) is 10.0. The highest BCUT2D eigenvalue weighted by Crippen LogP contribution is 2.41. The van der Waals surface area contributed by atoms with Gasteiger partial charge in [-0.25, -0.2) is 0 Å². The van der Waals surface area contributed by atoms with Gasteiger partial charge in [-0.1, -0.05) is 12.1 Å². The maximum atomic E-state index is 13.0. The van der Waals surface area contributed by atoms with Crippen molar-refractivity contribution in [3.05, 3.63) is 53.1 Å². The molecule has 0 bridgehead atoms. The fraction of sp³-hybridized carbons (Fsp3) is 0.333. The van der Waals surface area contributed by atoms with Gasteiger partial charge in [-0.15, -0.1) is 0 Å². The monoisotopic (exact) mass is 424 g/mol. The van der Waals surface area contributed by atoms with Crippen LogP contribution < -0.4 is 19.5 Å². The zero-order valence-electron chi connectivity index (χ0n) is 18.6. The number of rotatable bonds is 6. The molecular formula is C24H28N2O5. The number of hydrogen-bond donors (Lipinski definition) is 1. The number of carbonyl (C=O) groups excluding carboxylic acids is 2. The van der Waals surface area contributed by atoms with Crippen LogP contribution in [0.15, 0.2) is 36.4 Å². The molecule has 0 saturated carbocycles. The third-order valence-corrected chi connectivity index (χ3v) is 5.33. The molecule has 0 spiro atoms. The minimum Gasteiger partial charge on any atom is -0.496 e. The molecule has 164 valence electrons. The first-order chi connectivity index (χ1) is 14.9. The third kappa shape index (κ3) is 4.82. The second-order valence-corrected chi connectivity index (χ2v) is 7.35. The van der Waals surface area contributed by atoms with E-state index in [4.69, 9.17) is 14.2 Å². The second kappa shape index (κ2) is 9.55. The van der Waals surface area contributed by atoms with Crippen molar-refractivity contribution in [3.8, 4) is 17.2 Å². The van der Waals surface area contributed by atoms with Crippen LogP contribution in [-0.2, 0) is 4.79 Å². The van der Waals surface area contributed by atoms with Gasteiger partial charge in [-0.3, -0.25) is 9.59 Å². The zero-order valence-corrected chi connectivity index (χ0v) is 18.6. The summed E-state index contributed by atoms with van der Waals surface area (Å²) >= 11 is 0. The van der Waals surface area contributed by atoms with E-state index >= 15 is 0 Å². The molecule has 0 saturated heterocycles. The summed E-state index contributed by atoms with van der Waals surface area (Å²) in [5.74, 6) is 1.75. The summed E-state index contributed by atoms with van der Waals surface area (Å²) in [5.41, 5.74) is 4.04. The van der Waals surface area contributed by atoms with Gasteiger partial charge in [-0.2, -0.15) is 0 Å². The van der Waals surface area contributed by atoms with E-state index < -0.39 is 0 Å². The van der Waals surface area contributed by atoms with Crippen LogP contribution in [0.4, 0.5) is 5.69 Å². The van der Waals surface area contributed by atoms with Crippen molar-refractivity contribution in [2.24, 2.45) is 0 Å². The number of nitrogens with zero attached hydrogens (tertiary/aromatic N) is 1. The van der Waals surface area contributed by atoms with Gasteiger partial charge in [-0.05, 0) is 36.6 Å². The summed E-state index contributed by atoms with van der Waals surface area (Å²) in [4.78, 5) is 26.2. The molecule has 0 radical (unpaired) electrons.